The van der Waals surface area contributed by atoms with Crippen LogP contribution in [0.15, 0.2) is 90.0 Å². The molecule has 2 aliphatic heterocycles. The van der Waals surface area contributed by atoms with Gasteiger partial charge in [0.2, 0.25) is 0 Å². The Labute approximate surface area is 200 Å². The van der Waals surface area contributed by atoms with Crippen molar-refractivity contribution in [1.29, 1.82) is 0 Å². The molecule has 4 nitrogen and oxygen atoms in total. The summed E-state index contributed by atoms with van der Waals surface area (Å²) in [7, 11) is 0. The third-order valence-corrected chi connectivity index (χ3v) is 6.96. The highest BCUT2D eigenvalue weighted by atomic mass is 19.1. The number of piperidine rings is 1. The summed E-state index contributed by atoms with van der Waals surface area (Å²) in [6, 6.07) is 26.8. The van der Waals surface area contributed by atoms with Gasteiger partial charge >= 0.3 is 0 Å². The van der Waals surface area contributed by atoms with E-state index in [2.05, 4.69) is 35.2 Å². The fraction of sp³-hybridized carbons (Fsp3) is 0.310. The molecule has 0 N–H and O–H groups in total. The molecule has 2 heterocycles. The third-order valence-electron chi connectivity index (χ3n) is 6.96. The van der Waals surface area contributed by atoms with Crippen molar-refractivity contribution in [1.82, 2.24) is 9.91 Å². The number of halogens is 1. The maximum Gasteiger partial charge on any atom is 0.257 e. The summed E-state index contributed by atoms with van der Waals surface area (Å²) in [6.45, 7) is 2.21. The van der Waals surface area contributed by atoms with E-state index in [0.717, 1.165) is 49.2 Å². The van der Waals surface area contributed by atoms with Crippen molar-refractivity contribution in [3.63, 3.8) is 0 Å². The van der Waals surface area contributed by atoms with Gasteiger partial charge in [0, 0.05) is 6.42 Å². The van der Waals surface area contributed by atoms with E-state index in [4.69, 9.17) is 5.10 Å². The number of hydrogen-bond donors (Lipinski definition) is 0. The maximum absolute atomic E-state index is 13.5. The Bertz CT molecular complexity index is 1120. The average Bonchev–Trinajstić information content (AvgIpc) is 3.33. The second kappa shape index (κ2) is 10.3. The first-order valence-electron chi connectivity index (χ1n) is 12.1. The number of hydrogen-bond acceptors (Lipinski definition) is 3. The van der Waals surface area contributed by atoms with Crippen LogP contribution in [-0.2, 0) is 11.2 Å². The first kappa shape index (κ1) is 22.5. The van der Waals surface area contributed by atoms with Crippen molar-refractivity contribution in [3.05, 3.63) is 107 Å². The van der Waals surface area contributed by atoms with Crippen LogP contribution in [0.1, 0.15) is 42.0 Å². The number of benzene rings is 3. The van der Waals surface area contributed by atoms with Gasteiger partial charge in [-0.25, -0.2) is 9.40 Å². The van der Waals surface area contributed by atoms with Gasteiger partial charge in [-0.2, -0.15) is 5.10 Å². The summed E-state index contributed by atoms with van der Waals surface area (Å²) in [6.07, 6.45) is 3.93. The molecule has 5 heteroatoms. The Kier molecular flexibility index (Phi) is 6.82. The second-order valence-electron chi connectivity index (χ2n) is 9.33. The molecular formula is C29H30FN3O. The molecular weight excluding hydrogens is 425 g/mol. The molecule has 0 spiro atoms. The standard InChI is InChI=1S/C29H30FN3O/c30-26-13-11-25(12-14-26)28-20-27(24-9-5-2-6-10-24)31-33(28)29(34)21-32-17-15-23(16-18-32)19-22-7-3-1-4-8-22/h1-14,23,28H,15-21H2. The summed E-state index contributed by atoms with van der Waals surface area (Å²) in [5.41, 5.74) is 4.21. The smallest absolute Gasteiger partial charge is 0.257 e. The molecule has 0 aromatic heterocycles. The fourth-order valence-electron chi connectivity index (χ4n) is 5.05. The number of carbonyl (C=O) groups excluding carboxylic acids is 1. The van der Waals surface area contributed by atoms with Gasteiger partial charge in [0.1, 0.15) is 5.82 Å². The highest BCUT2D eigenvalue weighted by Gasteiger charge is 2.34. The average molecular weight is 456 g/mol. The molecule has 2 aliphatic rings. The summed E-state index contributed by atoms with van der Waals surface area (Å²) >= 11 is 0. The van der Waals surface area contributed by atoms with Gasteiger partial charge in [-0.1, -0.05) is 72.8 Å². The summed E-state index contributed by atoms with van der Waals surface area (Å²) in [5.74, 6) is 0.388. The van der Waals surface area contributed by atoms with Crippen LogP contribution < -0.4 is 0 Å². The van der Waals surface area contributed by atoms with Crippen molar-refractivity contribution in [2.24, 2.45) is 11.0 Å². The Hall–Kier alpha value is -3.31. The second-order valence-corrected chi connectivity index (χ2v) is 9.33. The van der Waals surface area contributed by atoms with Gasteiger partial charge in [0.25, 0.3) is 5.91 Å². The van der Waals surface area contributed by atoms with Gasteiger partial charge in [0.05, 0.1) is 18.3 Å². The van der Waals surface area contributed by atoms with Crippen LogP contribution in [0.2, 0.25) is 0 Å². The number of nitrogens with zero attached hydrogens (tertiary/aromatic N) is 3. The van der Waals surface area contributed by atoms with Gasteiger partial charge in [-0.05, 0) is 67.1 Å². The molecule has 1 amide bonds. The molecule has 3 aromatic carbocycles. The van der Waals surface area contributed by atoms with E-state index in [1.54, 1.807) is 17.1 Å². The van der Waals surface area contributed by atoms with E-state index in [-0.39, 0.29) is 17.8 Å². The summed E-state index contributed by atoms with van der Waals surface area (Å²) in [5, 5.41) is 6.39. The third kappa shape index (κ3) is 5.26. The molecule has 1 saturated heterocycles. The van der Waals surface area contributed by atoms with Gasteiger partial charge < -0.3 is 0 Å². The quantitative estimate of drug-likeness (QED) is 0.495. The zero-order valence-corrected chi connectivity index (χ0v) is 19.3. The van der Waals surface area contributed by atoms with Crippen molar-refractivity contribution < 1.29 is 9.18 Å². The van der Waals surface area contributed by atoms with Crippen LogP contribution in [0.5, 0.6) is 0 Å². The first-order chi connectivity index (χ1) is 16.7. The van der Waals surface area contributed by atoms with E-state index >= 15 is 0 Å². The minimum Gasteiger partial charge on any atom is -0.294 e. The van der Waals surface area contributed by atoms with Crippen LogP contribution in [0.4, 0.5) is 4.39 Å². The number of likely N-dealkylation sites (tertiary alicyclic amines) is 1. The predicted molar refractivity (Wildman–Crippen MR) is 133 cm³/mol. The maximum atomic E-state index is 13.5. The van der Waals surface area contributed by atoms with Crippen LogP contribution in [0.25, 0.3) is 0 Å². The summed E-state index contributed by atoms with van der Waals surface area (Å²) < 4.78 is 13.5. The van der Waals surface area contributed by atoms with E-state index in [0.29, 0.717) is 18.9 Å². The fourth-order valence-corrected chi connectivity index (χ4v) is 5.05. The van der Waals surface area contributed by atoms with E-state index in [1.165, 1.54) is 17.7 Å². The summed E-state index contributed by atoms with van der Waals surface area (Å²) in [4.78, 5) is 15.7. The lowest BCUT2D eigenvalue weighted by molar-refractivity contribution is -0.134. The van der Waals surface area contributed by atoms with Gasteiger partial charge in [0.15, 0.2) is 0 Å². The Balaban J connectivity index is 1.25. The number of carbonyl (C=O) groups is 1. The highest BCUT2D eigenvalue weighted by molar-refractivity contribution is 6.03. The monoisotopic (exact) mass is 455 g/mol. The molecule has 1 atom stereocenters. The Morgan fingerprint density at radius 2 is 1.53 bits per heavy atom. The van der Waals surface area contributed by atoms with Gasteiger partial charge in [-0.3, -0.25) is 9.69 Å². The molecule has 0 saturated carbocycles. The SMILES string of the molecule is O=C(CN1CCC(Cc2ccccc2)CC1)N1N=C(c2ccccc2)CC1c1ccc(F)cc1. The zero-order valence-electron chi connectivity index (χ0n) is 19.3. The molecule has 34 heavy (non-hydrogen) atoms. The topological polar surface area (TPSA) is 35.9 Å². The number of rotatable bonds is 6. The van der Waals surface area contributed by atoms with Crippen molar-refractivity contribution in [2.45, 2.75) is 31.7 Å². The molecule has 0 radical (unpaired) electrons. The molecule has 174 valence electrons. The van der Waals surface area contributed by atoms with Crippen molar-refractivity contribution >= 4 is 11.6 Å². The zero-order chi connectivity index (χ0) is 23.3. The number of hydrazone groups is 1. The lowest BCUT2D eigenvalue weighted by Gasteiger charge is -2.33. The molecule has 0 bridgehead atoms. The highest BCUT2D eigenvalue weighted by Crippen LogP contribution is 2.33. The predicted octanol–water partition coefficient (Wildman–Crippen LogP) is 5.46. The molecule has 1 unspecified atom stereocenters. The Morgan fingerprint density at radius 3 is 2.21 bits per heavy atom. The van der Waals surface area contributed by atoms with Gasteiger partial charge in [-0.15, -0.1) is 0 Å². The normalized spacial score (nSPS) is 19.3. The first-order valence-corrected chi connectivity index (χ1v) is 12.1. The van der Waals surface area contributed by atoms with Crippen LogP contribution in [0.3, 0.4) is 0 Å². The van der Waals surface area contributed by atoms with Crippen molar-refractivity contribution in [3.8, 4) is 0 Å². The minimum atomic E-state index is -0.276. The van der Waals surface area contributed by atoms with E-state index < -0.39 is 0 Å². The molecule has 3 aromatic rings. The van der Waals surface area contributed by atoms with E-state index in [9.17, 15) is 9.18 Å². The van der Waals surface area contributed by atoms with Crippen LogP contribution in [-0.4, -0.2) is 41.2 Å². The molecule has 1 fully saturated rings. The lowest BCUT2D eigenvalue weighted by Crippen LogP contribution is -2.42. The molecule has 0 aliphatic carbocycles. The largest absolute Gasteiger partial charge is 0.294 e. The number of amides is 1. The molecule has 5 rings (SSSR count). The Morgan fingerprint density at radius 1 is 0.882 bits per heavy atom. The van der Waals surface area contributed by atoms with Crippen molar-refractivity contribution in [2.75, 3.05) is 19.6 Å². The van der Waals surface area contributed by atoms with E-state index in [1.807, 2.05) is 30.3 Å². The van der Waals surface area contributed by atoms with Crippen LogP contribution in [0, 0.1) is 11.7 Å². The van der Waals surface area contributed by atoms with Crippen LogP contribution >= 0.6 is 0 Å². The lowest BCUT2D eigenvalue weighted by atomic mass is 9.90. The minimum absolute atomic E-state index is 0.00163.